The van der Waals surface area contributed by atoms with Gasteiger partial charge in [-0.25, -0.2) is 0 Å². The van der Waals surface area contributed by atoms with Gasteiger partial charge in [0.15, 0.2) is 0 Å². The minimum Gasteiger partial charge on any atom is -0.346 e. The molecule has 1 aliphatic heterocycles. The molecule has 5 rings (SSSR count). The van der Waals surface area contributed by atoms with E-state index in [0.29, 0.717) is 11.5 Å². The van der Waals surface area contributed by atoms with Crippen molar-refractivity contribution in [2.45, 2.75) is 25.9 Å². The summed E-state index contributed by atoms with van der Waals surface area (Å²) in [5.74, 6) is 0.364. The number of hydrogen-bond donors (Lipinski definition) is 2. The summed E-state index contributed by atoms with van der Waals surface area (Å²) in [7, 11) is 0. The van der Waals surface area contributed by atoms with Crippen LogP contribution in [0.4, 0.5) is 5.95 Å². The summed E-state index contributed by atoms with van der Waals surface area (Å²) in [5.41, 5.74) is 3.35. The van der Waals surface area contributed by atoms with Crippen LogP contribution in [-0.2, 0) is 4.79 Å². The van der Waals surface area contributed by atoms with Crippen LogP contribution in [0.3, 0.4) is 0 Å². The maximum absolute atomic E-state index is 13.6. The van der Waals surface area contributed by atoms with Gasteiger partial charge in [-0.2, -0.15) is 4.68 Å². The van der Waals surface area contributed by atoms with Crippen molar-refractivity contribution in [3.8, 4) is 0 Å². The van der Waals surface area contributed by atoms with Gasteiger partial charge in [0.1, 0.15) is 6.04 Å². The van der Waals surface area contributed by atoms with Crippen LogP contribution in [0.15, 0.2) is 84.1 Å². The molecule has 154 valence electrons. The average Bonchev–Trinajstić information content (AvgIpc) is 3.26. The first-order valence-corrected chi connectivity index (χ1v) is 10.2. The molecule has 3 aromatic carbocycles. The summed E-state index contributed by atoms with van der Waals surface area (Å²) < 4.78 is 1.68. The van der Waals surface area contributed by atoms with E-state index in [1.807, 2.05) is 68.4 Å². The number of hydrogen-bond acceptors (Lipinski definition) is 5. The van der Waals surface area contributed by atoms with E-state index in [9.17, 15) is 4.79 Å². The molecular weight excluding hydrogens is 388 g/mol. The number of amides is 1. The number of allylic oxidation sites excluding steroid dienone is 1. The monoisotopic (exact) mass is 410 g/mol. The van der Waals surface area contributed by atoms with E-state index < -0.39 is 6.04 Å². The van der Waals surface area contributed by atoms with Crippen molar-refractivity contribution >= 4 is 22.6 Å². The Morgan fingerprint density at radius 2 is 1.77 bits per heavy atom. The predicted octanol–water partition coefficient (Wildman–Crippen LogP) is 3.99. The fourth-order valence-electron chi connectivity index (χ4n) is 4.18. The minimum atomic E-state index is -0.444. The third-order valence-corrected chi connectivity index (χ3v) is 5.72. The number of nitrogens with one attached hydrogen (secondary N) is 2. The number of carbonyl (C=O) groups excluding carboxylic acids is 1. The molecule has 2 heterocycles. The van der Waals surface area contributed by atoms with E-state index in [-0.39, 0.29) is 11.9 Å². The Hall–Kier alpha value is -4.00. The topological polar surface area (TPSA) is 84.7 Å². The Labute approximate surface area is 179 Å². The average molecular weight is 410 g/mol. The van der Waals surface area contributed by atoms with Crippen LogP contribution in [0.5, 0.6) is 0 Å². The lowest BCUT2D eigenvalue weighted by Gasteiger charge is -2.29. The summed E-state index contributed by atoms with van der Waals surface area (Å²) in [6.07, 6.45) is 0. The lowest BCUT2D eigenvalue weighted by atomic mass is 9.91. The predicted molar refractivity (Wildman–Crippen MR) is 119 cm³/mol. The van der Waals surface area contributed by atoms with Crippen LogP contribution >= 0.6 is 0 Å². The van der Waals surface area contributed by atoms with Gasteiger partial charge in [-0.1, -0.05) is 77.9 Å². The second-order valence-corrected chi connectivity index (χ2v) is 7.69. The Bertz CT molecular complexity index is 1290. The first-order chi connectivity index (χ1) is 15.1. The van der Waals surface area contributed by atoms with Crippen molar-refractivity contribution in [2.24, 2.45) is 0 Å². The summed E-state index contributed by atoms with van der Waals surface area (Å²) >= 11 is 0. The van der Waals surface area contributed by atoms with Gasteiger partial charge >= 0.3 is 0 Å². The maximum Gasteiger partial charge on any atom is 0.251 e. The number of fused-ring (bicyclic) bond motifs is 2. The molecule has 2 atom stereocenters. The summed E-state index contributed by atoms with van der Waals surface area (Å²) in [5, 5.41) is 20.6. The minimum absolute atomic E-state index is 0.141. The smallest absolute Gasteiger partial charge is 0.251 e. The molecular formula is C24H22N6O. The van der Waals surface area contributed by atoms with E-state index in [0.717, 1.165) is 27.6 Å². The molecule has 7 heteroatoms. The number of carbonyl (C=O) groups is 1. The Kier molecular flexibility index (Phi) is 4.71. The van der Waals surface area contributed by atoms with Crippen molar-refractivity contribution in [1.29, 1.82) is 0 Å². The molecule has 4 aromatic rings. The molecule has 0 aliphatic carbocycles. The van der Waals surface area contributed by atoms with E-state index in [4.69, 9.17) is 0 Å². The highest BCUT2D eigenvalue weighted by Gasteiger charge is 2.35. The van der Waals surface area contributed by atoms with Crippen molar-refractivity contribution in [2.75, 3.05) is 5.32 Å². The second-order valence-electron chi connectivity index (χ2n) is 7.69. The van der Waals surface area contributed by atoms with E-state index in [2.05, 4.69) is 44.4 Å². The zero-order valence-electron chi connectivity index (χ0n) is 17.3. The molecule has 0 saturated heterocycles. The van der Waals surface area contributed by atoms with Gasteiger partial charge in [-0.05, 0) is 46.2 Å². The van der Waals surface area contributed by atoms with Crippen molar-refractivity contribution in [3.63, 3.8) is 0 Å². The van der Waals surface area contributed by atoms with Crippen LogP contribution in [0.1, 0.15) is 37.1 Å². The van der Waals surface area contributed by atoms with Crippen LogP contribution in [0.2, 0.25) is 0 Å². The Morgan fingerprint density at radius 3 is 2.61 bits per heavy atom. The summed E-state index contributed by atoms with van der Waals surface area (Å²) in [6, 6.07) is 23.6. The standard InChI is InChI=1S/C24H22N6O/c1-15(17-9-4-3-5-10-17)25-23(31)21-16(2)26-24-27-28-29-30(24)22(21)20-14-8-12-18-11-6-7-13-19(18)20/h3-15,22H,1-2H3,(H,25,31)(H,26,27,29)/t15-,22?/m0/s1. The SMILES string of the molecule is CC1=C(C(=O)N[C@@H](C)c2ccccc2)C(c2cccc3ccccc23)n2nnnc2N1. The zero-order chi connectivity index (χ0) is 21.4. The van der Waals surface area contributed by atoms with Gasteiger partial charge in [-0.15, -0.1) is 0 Å². The van der Waals surface area contributed by atoms with Crippen molar-refractivity contribution < 1.29 is 4.79 Å². The van der Waals surface area contributed by atoms with E-state index in [1.54, 1.807) is 4.68 Å². The van der Waals surface area contributed by atoms with Gasteiger partial charge in [0, 0.05) is 5.70 Å². The van der Waals surface area contributed by atoms with Gasteiger partial charge in [0.2, 0.25) is 5.95 Å². The molecule has 1 aromatic heterocycles. The Morgan fingerprint density at radius 1 is 1.03 bits per heavy atom. The second kappa shape index (κ2) is 7.68. The number of rotatable bonds is 4. The lowest BCUT2D eigenvalue weighted by molar-refractivity contribution is -0.118. The molecule has 0 saturated carbocycles. The molecule has 0 bridgehead atoms. The zero-order valence-corrected chi connectivity index (χ0v) is 17.3. The fraction of sp³-hybridized carbons (Fsp3) is 0.167. The molecule has 0 fully saturated rings. The van der Waals surface area contributed by atoms with Crippen molar-refractivity contribution in [1.82, 2.24) is 25.5 Å². The number of tetrazole rings is 1. The van der Waals surface area contributed by atoms with Gasteiger partial charge in [0.05, 0.1) is 11.6 Å². The third kappa shape index (κ3) is 3.34. The van der Waals surface area contributed by atoms with Gasteiger partial charge in [0.25, 0.3) is 5.91 Å². The molecule has 1 unspecified atom stereocenters. The number of benzene rings is 3. The van der Waals surface area contributed by atoms with Gasteiger partial charge < -0.3 is 10.6 Å². The van der Waals surface area contributed by atoms with Gasteiger partial charge in [-0.3, -0.25) is 4.79 Å². The third-order valence-electron chi connectivity index (χ3n) is 5.72. The summed E-state index contributed by atoms with van der Waals surface area (Å²) in [6.45, 7) is 3.87. The normalized spacial score (nSPS) is 16.5. The molecule has 7 nitrogen and oxygen atoms in total. The number of anilines is 1. The quantitative estimate of drug-likeness (QED) is 0.531. The molecule has 2 N–H and O–H groups in total. The molecule has 0 spiro atoms. The highest BCUT2D eigenvalue weighted by atomic mass is 16.1. The van der Waals surface area contributed by atoms with Crippen molar-refractivity contribution in [3.05, 3.63) is 95.2 Å². The molecule has 1 amide bonds. The largest absolute Gasteiger partial charge is 0.346 e. The maximum atomic E-state index is 13.6. The number of nitrogens with zero attached hydrogens (tertiary/aromatic N) is 4. The highest BCUT2D eigenvalue weighted by Crippen LogP contribution is 2.37. The first kappa shape index (κ1) is 19.0. The van der Waals surface area contributed by atoms with E-state index >= 15 is 0 Å². The molecule has 31 heavy (non-hydrogen) atoms. The molecule has 0 radical (unpaired) electrons. The Balaban J connectivity index is 1.60. The fourth-order valence-corrected chi connectivity index (χ4v) is 4.18. The van der Waals surface area contributed by atoms with Crippen LogP contribution in [0, 0.1) is 0 Å². The van der Waals surface area contributed by atoms with Crippen LogP contribution in [-0.4, -0.2) is 26.1 Å². The number of aromatic nitrogens is 4. The van der Waals surface area contributed by atoms with E-state index in [1.165, 1.54) is 0 Å². The lowest BCUT2D eigenvalue weighted by Crippen LogP contribution is -2.36. The van der Waals surface area contributed by atoms with Crippen LogP contribution in [0.25, 0.3) is 10.8 Å². The summed E-state index contributed by atoms with van der Waals surface area (Å²) in [4.78, 5) is 13.6. The highest BCUT2D eigenvalue weighted by molar-refractivity contribution is 5.98. The molecule has 1 aliphatic rings. The van der Waals surface area contributed by atoms with Crippen LogP contribution < -0.4 is 10.6 Å². The first-order valence-electron chi connectivity index (χ1n) is 10.2.